The molecule has 0 aliphatic rings. The molecule has 3 aromatic rings. The van der Waals surface area contributed by atoms with Crippen molar-refractivity contribution in [1.82, 2.24) is 14.5 Å². The van der Waals surface area contributed by atoms with Crippen molar-refractivity contribution < 1.29 is 0 Å². The molecule has 0 N–H and O–H groups in total. The van der Waals surface area contributed by atoms with Gasteiger partial charge in [-0.1, -0.05) is 63.2 Å². The van der Waals surface area contributed by atoms with Gasteiger partial charge in [-0.05, 0) is 50.2 Å². The topological polar surface area (TPSA) is 21.1 Å². The highest BCUT2D eigenvalue weighted by atomic mass is 15.1. The minimum absolute atomic E-state index is 0.344. The molecule has 0 spiro atoms. The number of para-hydroxylation sites is 2. The molecule has 0 bridgehead atoms. The second-order valence-electron chi connectivity index (χ2n) is 6.86. The van der Waals surface area contributed by atoms with Gasteiger partial charge in [-0.2, -0.15) is 0 Å². The van der Waals surface area contributed by atoms with E-state index in [9.17, 15) is 0 Å². The van der Waals surface area contributed by atoms with Crippen molar-refractivity contribution in [2.75, 3.05) is 19.6 Å². The summed E-state index contributed by atoms with van der Waals surface area (Å²) in [7, 11) is 0. The lowest BCUT2D eigenvalue weighted by molar-refractivity contribution is 0.293. The standard InChI is InChI=1S/C23H31N3/c1-4-20(19-13-8-7-9-14-19)23-24-21-15-10-11-16-22(21)26(23)18-12-17-25(5-2)6-3/h7-11,13-16,20H,4-6,12,17-18H2,1-3H3. The van der Waals surface area contributed by atoms with E-state index in [0.29, 0.717) is 5.92 Å². The molecule has 2 aromatic carbocycles. The zero-order chi connectivity index (χ0) is 18.4. The van der Waals surface area contributed by atoms with E-state index >= 15 is 0 Å². The van der Waals surface area contributed by atoms with E-state index < -0.39 is 0 Å². The van der Waals surface area contributed by atoms with Gasteiger partial charge in [0.05, 0.1) is 11.0 Å². The third kappa shape index (κ3) is 3.99. The van der Waals surface area contributed by atoms with Gasteiger partial charge in [0.2, 0.25) is 0 Å². The van der Waals surface area contributed by atoms with Crippen LogP contribution in [-0.4, -0.2) is 34.1 Å². The minimum Gasteiger partial charge on any atom is -0.327 e. The number of imidazole rings is 1. The number of hydrogen-bond acceptors (Lipinski definition) is 2. The summed E-state index contributed by atoms with van der Waals surface area (Å²) in [5, 5.41) is 0. The van der Waals surface area contributed by atoms with Gasteiger partial charge in [-0.25, -0.2) is 4.98 Å². The van der Waals surface area contributed by atoms with E-state index in [-0.39, 0.29) is 0 Å². The quantitative estimate of drug-likeness (QED) is 0.522. The van der Waals surface area contributed by atoms with Gasteiger partial charge in [0.25, 0.3) is 0 Å². The normalized spacial score (nSPS) is 12.8. The second-order valence-corrected chi connectivity index (χ2v) is 6.86. The van der Waals surface area contributed by atoms with Crippen LogP contribution in [0.1, 0.15) is 50.9 Å². The van der Waals surface area contributed by atoms with Crippen molar-refractivity contribution in [3.63, 3.8) is 0 Å². The minimum atomic E-state index is 0.344. The first-order valence-corrected chi connectivity index (χ1v) is 10.0. The number of aromatic nitrogens is 2. The molecule has 0 aliphatic carbocycles. The zero-order valence-corrected chi connectivity index (χ0v) is 16.4. The highest BCUT2D eigenvalue weighted by Gasteiger charge is 2.20. The van der Waals surface area contributed by atoms with Gasteiger partial charge in [0.1, 0.15) is 5.82 Å². The first-order chi connectivity index (χ1) is 12.8. The van der Waals surface area contributed by atoms with E-state index in [1.54, 1.807) is 0 Å². The van der Waals surface area contributed by atoms with Gasteiger partial charge >= 0.3 is 0 Å². The molecule has 3 heteroatoms. The molecular formula is C23H31N3. The van der Waals surface area contributed by atoms with Crippen LogP contribution in [0.2, 0.25) is 0 Å². The van der Waals surface area contributed by atoms with Crippen LogP contribution < -0.4 is 0 Å². The molecule has 3 nitrogen and oxygen atoms in total. The van der Waals surface area contributed by atoms with E-state index in [4.69, 9.17) is 4.98 Å². The van der Waals surface area contributed by atoms with Crippen molar-refractivity contribution in [2.24, 2.45) is 0 Å². The summed E-state index contributed by atoms with van der Waals surface area (Å²) in [4.78, 5) is 7.54. The average Bonchev–Trinajstić information content (AvgIpc) is 3.05. The van der Waals surface area contributed by atoms with Gasteiger partial charge < -0.3 is 9.47 Å². The zero-order valence-electron chi connectivity index (χ0n) is 16.4. The molecule has 138 valence electrons. The Kier molecular flexibility index (Phi) is 6.45. The molecule has 1 atom stereocenters. The Morgan fingerprint density at radius 2 is 1.62 bits per heavy atom. The maximum atomic E-state index is 5.05. The molecule has 0 radical (unpaired) electrons. The molecule has 0 aliphatic heterocycles. The fourth-order valence-corrected chi connectivity index (χ4v) is 3.84. The number of hydrogen-bond donors (Lipinski definition) is 0. The largest absolute Gasteiger partial charge is 0.327 e. The molecule has 1 aromatic heterocycles. The molecule has 3 rings (SSSR count). The van der Waals surface area contributed by atoms with Crippen molar-refractivity contribution in [3.8, 4) is 0 Å². The van der Waals surface area contributed by atoms with E-state index in [2.05, 4.69) is 84.8 Å². The van der Waals surface area contributed by atoms with Crippen LogP contribution in [0.5, 0.6) is 0 Å². The van der Waals surface area contributed by atoms with Crippen LogP contribution in [0.15, 0.2) is 54.6 Å². The van der Waals surface area contributed by atoms with Crippen molar-refractivity contribution in [2.45, 2.75) is 46.1 Å². The molecule has 0 saturated heterocycles. The fourth-order valence-electron chi connectivity index (χ4n) is 3.84. The van der Waals surface area contributed by atoms with Gasteiger partial charge in [0, 0.05) is 12.5 Å². The summed E-state index contributed by atoms with van der Waals surface area (Å²) in [6.07, 6.45) is 2.21. The van der Waals surface area contributed by atoms with E-state index in [1.807, 2.05) is 0 Å². The number of aryl methyl sites for hydroxylation is 1. The molecule has 1 heterocycles. The summed E-state index contributed by atoms with van der Waals surface area (Å²) < 4.78 is 2.46. The molecule has 1 unspecified atom stereocenters. The van der Waals surface area contributed by atoms with Gasteiger partial charge in [-0.15, -0.1) is 0 Å². The Hall–Kier alpha value is -2.13. The van der Waals surface area contributed by atoms with E-state index in [0.717, 1.165) is 44.5 Å². The van der Waals surface area contributed by atoms with Gasteiger partial charge in [-0.3, -0.25) is 0 Å². The highest BCUT2D eigenvalue weighted by Crippen LogP contribution is 2.30. The van der Waals surface area contributed by atoms with Crippen molar-refractivity contribution in [1.29, 1.82) is 0 Å². The van der Waals surface area contributed by atoms with Crippen LogP contribution in [0.25, 0.3) is 11.0 Å². The monoisotopic (exact) mass is 349 g/mol. The Labute approximate surface area is 157 Å². The number of benzene rings is 2. The maximum absolute atomic E-state index is 5.05. The SMILES string of the molecule is CCC(c1ccccc1)c1nc2ccccc2n1CCCN(CC)CC. The lowest BCUT2D eigenvalue weighted by Crippen LogP contribution is -2.25. The Bertz CT molecular complexity index is 803. The first-order valence-electron chi connectivity index (χ1n) is 10.0. The highest BCUT2D eigenvalue weighted by molar-refractivity contribution is 5.76. The Morgan fingerprint density at radius 1 is 0.923 bits per heavy atom. The van der Waals surface area contributed by atoms with Crippen LogP contribution in [0.3, 0.4) is 0 Å². The predicted molar refractivity (Wildman–Crippen MR) is 111 cm³/mol. The Balaban J connectivity index is 1.93. The lowest BCUT2D eigenvalue weighted by Gasteiger charge is -2.20. The Morgan fingerprint density at radius 3 is 2.31 bits per heavy atom. The number of nitrogens with zero attached hydrogens (tertiary/aromatic N) is 3. The molecule has 0 amide bonds. The molecule has 0 saturated carbocycles. The summed E-state index contributed by atoms with van der Waals surface area (Å²) in [6, 6.07) is 19.4. The van der Waals surface area contributed by atoms with E-state index in [1.165, 1.54) is 16.9 Å². The van der Waals surface area contributed by atoms with Crippen LogP contribution in [0, 0.1) is 0 Å². The lowest BCUT2D eigenvalue weighted by atomic mass is 9.95. The van der Waals surface area contributed by atoms with Crippen molar-refractivity contribution >= 4 is 11.0 Å². The van der Waals surface area contributed by atoms with Crippen LogP contribution in [-0.2, 0) is 6.54 Å². The average molecular weight is 350 g/mol. The third-order valence-electron chi connectivity index (χ3n) is 5.36. The maximum Gasteiger partial charge on any atom is 0.117 e. The smallest absolute Gasteiger partial charge is 0.117 e. The van der Waals surface area contributed by atoms with Crippen molar-refractivity contribution in [3.05, 3.63) is 66.0 Å². The van der Waals surface area contributed by atoms with Gasteiger partial charge in [0.15, 0.2) is 0 Å². The second kappa shape index (κ2) is 9.00. The molecule has 26 heavy (non-hydrogen) atoms. The number of fused-ring (bicyclic) bond motifs is 1. The van der Waals surface area contributed by atoms with Crippen LogP contribution >= 0.6 is 0 Å². The molecular weight excluding hydrogens is 318 g/mol. The number of rotatable bonds is 9. The third-order valence-corrected chi connectivity index (χ3v) is 5.36. The summed E-state index contributed by atoms with van der Waals surface area (Å²) in [6.45, 7) is 11.1. The fraction of sp³-hybridized carbons (Fsp3) is 0.435. The first kappa shape index (κ1) is 18.7. The van der Waals surface area contributed by atoms with Crippen LogP contribution in [0.4, 0.5) is 0 Å². The predicted octanol–water partition coefficient (Wildman–Crippen LogP) is 5.31. The molecule has 0 fully saturated rings. The summed E-state index contributed by atoms with van der Waals surface area (Å²) >= 11 is 0. The summed E-state index contributed by atoms with van der Waals surface area (Å²) in [5.74, 6) is 1.55. The summed E-state index contributed by atoms with van der Waals surface area (Å²) in [5.41, 5.74) is 3.73.